The SMILES string of the molecule is COCc1c(Br)cccc1NC(C)Cc1cccc(F)c1. The Morgan fingerprint density at radius 3 is 2.71 bits per heavy atom. The fourth-order valence-electron chi connectivity index (χ4n) is 2.32. The van der Waals surface area contributed by atoms with Gasteiger partial charge in [-0.25, -0.2) is 4.39 Å². The molecule has 1 atom stereocenters. The number of halogens is 2. The molecule has 2 rings (SSSR count). The van der Waals surface area contributed by atoms with Crippen LogP contribution in [0.5, 0.6) is 0 Å². The summed E-state index contributed by atoms with van der Waals surface area (Å²) < 4.78 is 19.5. The molecular formula is C17H19BrFNO. The van der Waals surface area contributed by atoms with Crippen LogP contribution >= 0.6 is 15.9 Å². The molecule has 0 saturated carbocycles. The van der Waals surface area contributed by atoms with Crippen LogP contribution in [0.15, 0.2) is 46.9 Å². The second-order valence-electron chi connectivity index (χ2n) is 5.08. The predicted molar refractivity (Wildman–Crippen MR) is 88.0 cm³/mol. The molecule has 0 aliphatic heterocycles. The highest BCUT2D eigenvalue weighted by Gasteiger charge is 2.10. The summed E-state index contributed by atoms with van der Waals surface area (Å²) in [5.41, 5.74) is 3.11. The van der Waals surface area contributed by atoms with Gasteiger partial charge in [0.05, 0.1) is 6.61 Å². The number of ether oxygens (including phenoxy) is 1. The van der Waals surface area contributed by atoms with Gasteiger partial charge in [-0.3, -0.25) is 0 Å². The van der Waals surface area contributed by atoms with E-state index in [9.17, 15) is 4.39 Å². The quantitative estimate of drug-likeness (QED) is 0.808. The molecule has 4 heteroatoms. The number of hydrogen-bond acceptors (Lipinski definition) is 2. The van der Waals surface area contributed by atoms with Crippen LogP contribution in [0.4, 0.5) is 10.1 Å². The van der Waals surface area contributed by atoms with Crippen molar-refractivity contribution in [3.05, 3.63) is 63.9 Å². The molecule has 1 unspecified atom stereocenters. The summed E-state index contributed by atoms with van der Waals surface area (Å²) in [5.74, 6) is -0.192. The lowest BCUT2D eigenvalue weighted by atomic mass is 10.1. The first-order chi connectivity index (χ1) is 10.1. The Labute approximate surface area is 133 Å². The number of anilines is 1. The van der Waals surface area contributed by atoms with Gasteiger partial charge in [0.1, 0.15) is 5.82 Å². The molecule has 0 heterocycles. The molecule has 0 bridgehead atoms. The maximum atomic E-state index is 13.2. The van der Waals surface area contributed by atoms with Gasteiger partial charge >= 0.3 is 0 Å². The average Bonchev–Trinajstić information content (AvgIpc) is 2.42. The number of hydrogen-bond donors (Lipinski definition) is 1. The zero-order chi connectivity index (χ0) is 15.2. The number of methoxy groups -OCH3 is 1. The van der Waals surface area contributed by atoms with Gasteiger partial charge < -0.3 is 10.1 Å². The van der Waals surface area contributed by atoms with Crippen molar-refractivity contribution in [2.24, 2.45) is 0 Å². The van der Waals surface area contributed by atoms with Crippen LogP contribution < -0.4 is 5.32 Å². The number of rotatable bonds is 6. The minimum Gasteiger partial charge on any atom is -0.382 e. The van der Waals surface area contributed by atoms with E-state index in [1.54, 1.807) is 19.2 Å². The van der Waals surface area contributed by atoms with Gasteiger partial charge in [-0.1, -0.05) is 34.1 Å². The molecule has 0 spiro atoms. The lowest BCUT2D eigenvalue weighted by Gasteiger charge is -2.19. The molecule has 0 aliphatic carbocycles. The van der Waals surface area contributed by atoms with E-state index in [-0.39, 0.29) is 11.9 Å². The van der Waals surface area contributed by atoms with E-state index in [0.717, 1.165) is 27.7 Å². The highest BCUT2D eigenvalue weighted by molar-refractivity contribution is 9.10. The van der Waals surface area contributed by atoms with Gasteiger partial charge in [0.2, 0.25) is 0 Å². The average molecular weight is 352 g/mol. The lowest BCUT2D eigenvalue weighted by Crippen LogP contribution is -2.19. The van der Waals surface area contributed by atoms with Crippen LogP contribution in [0.2, 0.25) is 0 Å². The Bertz CT molecular complexity index is 603. The summed E-state index contributed by atoms with van der Waals surface area (Å²) in [7, 11) is 1.68. The summed E-state index contributed by atoms with van der Waals surface area (Å²) in [4.78, 5) is 0. The van der Waals surface area contributed by atoms with Crippen molar-refractivity contribution in [3.8, 4) is 0 Å². The summed E-state index contributed by atoms with van der Waals surface area (Å²) in [6, 6.07) is 12.9. The van der Waals surface area contributed by atoms with Crippen molar-refractivity contribution in [1.82, 2.24) is 0 Å². The highest BCUT2D eigenvalue weighted by Crippen LogP contribution is 2.26. The maximum absolute atomic E-state index is 13.2. The minimum absolute atomic E-state index is 0.191. The van der Waals surface area contributed by atoms with Gasteiger partial charge in [-0.2, -0.15) is 0 Å². The van der Waals surface area contributed by atoms with Crippen molar-refractivity contribution in [3.63, 3.8) is 0 Å². The monoisotopic (exact) mass is 351 g/mol. The van der Waals surface area contributed by atoms with Crippen molar-refractivity contribution >= 4 is 21.6 Å². The summed E-state index contributed by atoms with van der Waals surface area (Å²) in [5, 5.41) is 3.47. The first-order valence-corrected chi connectivity index (χ1v) is 7.66. The molecule has 0 saturated heterocycles. The number of benzene rings is 2. The van der Waals surface area contributed by atoms with E-state index in [4.69, 9.17) is 4.74 Å². The van der Waals surface area contributed by atoms with Crippen molar-refractivity contribution in [2.45, 2.75) is 26.0 Å². The van der Waals surface area contributed by atoms with E-state index in [0.29, 0.717) is 6.61 Å². The first-order valence-electron chi connectivity index (χ1n) is 6.87. The fraction of sp³-hybridized carbons (Fsp3) is 0.294. The first kappa shape index (κ1) is 16.0. The normalized spacial score (nSPS) is 12.2. The molecule has 21 heavy (non-hydrogen) atoms. The molecule has 0 fully saturated rings. The topological polar surface area (TPSA) is 21.3 Å². The molecular weight excluding hydrogens is 333 g/mol. The maximum Gasteiger partial charge on any atom is 0.123 e. The standard InChI is InChI=1S/C17H19BrFNO/c1-12(9-13-5-3-6-14(19)10-13)20-17-8-4-7-16(18)15(17)11-21-2/h3-8,10,12,20H,9,11H2,1-2H3. The zero-order valence-corrected chi connectivity index (χ0v) is 13.8. The van der Waals surface area contributed by atoms with Gasteiger partial charge in [-0.15, -0.1) is 0 Å². The van der Waals surface area contributed by atoms with E-state index in [1.807, 2.05) is 24.3 Å². The van der Waals surface area contributed by atoms with E-state index in [1.165, 1.54) is 6.07 Å². The summed E-state index contributed by atoms with van der Waals surface area (Å²) in [6.45, 7) is 2.62. The predicted octanol–water partition coefficient (Wildman–Crippen LogP) is 4.78. The lowest BCUT2D eigenvalue weighted by molar-refractivity contribution is 0.185. The molecule has 0 radical (unpaired) electrons. The largest absolute Gasteiger partial charge is 0.382 e. The van der Waals surface area contributed by atoms with E-state index >= 15 is 0 Å². The van der Waals surface area contributed by atoms with Crippen LogP contribution in [-0.2, 0) is 17.8 Å². The third kappa shape index (κ3) is 4.55. The van der Waals surface area contributed by atoms with Crippen LogP contribution in [0.1, 0.15) is 18.1 Å². The molecule has 1 N–H and O–H groups in total. The van der Waals surface area contributed by atoms with Crippen LogP contribution in [-0.4, -0.2) is 13.2 Å². The smallest absolute Gasteiger partial charge is 0.123 e. The zero-order valence-electron chi connectivity index (χ0n) is 12.2. The van der Waals surface area contributed by atoms with Crippen LogP contribution in [0, 0.1) is 5.82 Å². The van der Waals surface area contributed by atoms with Gasteiger partial charge in [0.15, 0.2) is 0 Å². The Kier molecular flexibility index (Phi) is 5.76. The Balaban J connectivity index is 2.09. The van der Waals surface area contributed by atoms with Gasteiger partial charge in [-0.05, 0) is 43.2 Å². The molecule has 0 aromatic heterocycles. The van der Waals surface area contributed by atoms with Gasteiger partial charge in [0.25, 0.3) is 0 Å². The Hall–Kier alpha value is -1.39. The molecule has 2 aromatic rings. The molecule has 112 valence electrons. The third-order valence-electron chi connectivity index (χ3n) is 3.24. The van der Waals surface area contributed by atoms with Crippen molar-refractivity contribution in [1.29, 1.82) is 0 Å². The molecule has 2 aromatic carbocycles. The van der Waals surface area contributed by atoms with Crippen molar-refractivity contribution < 1.29 is 9.13 Å². The second kappa shape index (κ2) is 7.57. The highest BCUT2D eigenvalue weighted by atomic mass is 79.9. The Morgan fingerprint density at radius 2 is 2.00 bits per heavy atom. The number of nitrogens with one attached hydrogen (secondary N) is 1. The van der Waals surface area contributed by atoms with Crippen molar-refractivity contribution in [2.75, 3.05) is 12.4 Å². The van der Waals surface area contributed by atoms with Crippen LogP contribution in [0.3, 0.4) is 0 Å². The van der Waals surface area contributed by atoms with Gasteiger partial charge in [0, 0.05) is 28.9 Å². The van der Waals surface area contributed by atoms with E-state index < -0.39 is 0 Å². The molecule has 2 nitrogen and oxygen atoms in total. The fourth-order valence-corrected chi connectivity index (χ4v) is 2.80. The Morgan fingerprint density at radius 1 is 1.24 bits per heavy atom. The van der Waals surface area contributed by atoms with E-state index in [2.05, 4.69) is 28.2 Å². The molecule has 0 amide bonds. The van der Waals surface area contributed by atoms with Crippen LogP contribution in [0.25, 0.3) is 0 Å². The molecule has 0 aliphatic rings. The third-order valence-corrected chi connectivity index (χ3v) is 3.98. The summed E-state index contributed by atoms with van der Waals surface area (Å²) in [6.07, 6.45) is 0.761. The summed E-state index contributed by atoms with van der Waals surface area (Å²) >= 11 is 3.54. The second-order valence-corrected chi connectivity index (χ2v) is 5.93. The minimum atomic E-state index is -0.192.